The molecule has 0 radical (unpaired) electrons. The second kappa shape index (κ2) is 11.0. The number of aliphatic carboxylic acids is 1. The summed E-state index contributed by atoms with van der Waals surface area (Å²) in [7, 11) is 0. The van der Waals surface area contributed by atoms with Crippen molar-refractivity contribution in [2.45, 2.75) is 49.2 Å². The molecule has 1 aliphatic heterocycles. The lowest BCUT2D eigenvalue weighted by Crippen LogP contribution is -2.26. The van der Waals surface area contributed by atoms with Crippen LogP contribution < -0.4 is 5.32 Å². The summed E-state index contributed by atoms with van der Waals surface area (Å²) >= 11 is 2.95. The smallest absolute Gasteiger partial charge is 0.305 e. The molecular formula is C18H23N3O3S2. The van der Waals surface area contributed by atoms with Crippen molar-refractivity contribution in [3.63, 3.8) is 0 Å². The number of nitrogens with one attached hydrogen (secondary N) is 1. The van der Waals surface area contributed by atoms with Gasteiger partial charge < -0.3 is 10.4 Å². The predicted octanol–water partition coefficient (Wildman–Crippen LogP) is 3.76. The molecule has 0 bridgehead atoms. The number of nitrogens with zero attached hydrogens (tertiary/aromatic N) is 2. The first-order valence-electron chi connectivity index (χ1n) is 8.61. The van der Waals surface area contributed by atoms with Crippen LogP contribution in [0.4, 0.5) is 0 Å². The van der Waals surface area contributed by atoms with Gasteiger partial charge in [-0.05, 0) is 29.9 Å². The number of carboxylic acid groups (broad SMARTS) is 1. The molecule has 1 atom stereocenters. The van der Waals surface area contributed by atoms with E-state index in [1.54, 1.807) is 6.21 Å². The Bertz CT molecular complexity index is 675. The molecule has 26 heavy (non-hydrogen) atoms. The molecule has 0 aliphatic carbocycles. The molecule has 1 amide bonds. The third-order valence-corrected chi connectivity index (χ3v) is 5.81. The van der Waals surface area contributed by atoms with Gasteiger partial charge in [-0.25, -0.2) is 0 Å². The number of carbonyl (C=O) groups is 2. The van der Waals surface area contributed by atoms with E-state index in [2.05, 4.69) is 34.6 Å². The van der Waals surface area contributed by atoms with Gasteiger partial charge in [-0.2, -0.15) is 5.10 Å². The Labute approximate surface area is 161 Å². The van der Waals surface area contributed by atoms with E-state index >= 15 is 0 Å². The summed E-state index contributed by atoms with van der Waals surface area (Å²) < 4.78 is 0. The number of benzene rings is 1. The monoisotopic (exact) mass is 393 g/mol. The highest BCUT2D eigenvalue weighted by atomic mass is 32.2. The van der Waals surface area contributed by atoms with Crippen molar-refractivity contribution >= 4 is 46.8 Å². The van der Waals surface area contributed by atoms with Crippen molar-refractivity contribution in [2.75, 3.05) is 5.75 Å². The number of unbranched alkanes of at least 4 members (excludes halogenated alkanes) is 3. The van der Waals surface area contributed by atoms with E-state index in [0.717, 1.165) is 23.1 Å². The fourth-order valence-corrected chi connectivity index (χ4v) is 4.09. The molecule has 1 aliphatic rings. The van der Waals surface area contributed by atoms with E-state index in [4.69, 9.17) is 5.11 Å². The molecule has 1 aromatic carbocycles. The van der Waals surface area contributed by atoms with E-state index < -0.39 is 11.2 Å². The minimum absolute atomic E-state index is 0.225. The van der Waals surface area contributed by atoms with Gasteiger partial charge in [0.1, 0.15) is 5.25 Å². The average Bonchev–Trinajstić information content (AvgIpc) is 2.95. The van der Waals surface area contributed by atoms with Gasteiger partial charge in [-0.15, -0.1) is 16.9 Å². The van der Waals surface area contributed by atoms with Gasteiger partial charge in [0.2, 0.25) is 5.91 Å². The highest BCUT2D eigenvalue weighted by Crippen LogP contribution is 2.22. The minimum Gasteiger partial charge on any atom is -0.481 e. The molecule has 1 heterocycles. The molecule has 1 unspecified atom stereocenters. The summed E-state index contributed by atoms with van der Waals surface area (Å²) in [6, 6.07) is 8.08. The first-order valence-corrected chi connectivity index (χ1v) is 10.5. The first-order chi connectivity index (χ1) is 12.6. The molecule has 1 fully saturated rings. The molecule has 0 saturated carbocycles. The molecule has 6 nitrogen and oxygen atoms in total. The van der Waals surface area contributed by atoms with E-state index in [-0.39, 0.29) is 12.3 Å². The zero-order valence-electron chi connectivity index (χ0n) is 14.7. The van der Waals surface area contributed by atoms with Crippen LogP contribution >= 0.6 is 23.5 Å². The molecule has 1 aromatic rings. The Morgan fingerprint density at radius 1 is 1.31 bits per heavy atom. The third kappa shape index (κ3) is 7.21. The number of amidine groups is 1. The maximum Gasteiger partial charge on any atom is 0.305 e. The molecule has 8 heteroatoms. The van der Waals surface area contributed by atoms with Crippen LogP contribution in [-0.2, 0) is 9.59 Å². The van der Waals surface area contributed by atoms with Crippen molar-refractivity contribution in [3.8, 4) is 0 Å². The van der Waals surface area contributed by atoms with Crippen LogP contribution in [0.3, 0.4) is 0 Å². The Morgan fingerprint density at radius 3 is 2.77 bits per heavy atom. The van der Waals surface area contributed by atoms with Crippen LogP contribution in [0.15, 0.2) is 39.4 Å². The first kappa shape index (κ1) is 20.5. The van der Waals surface area contributed by atoms with Gasteiger partial charge in [-0.1, -0.05) is 50.1 Å². The summed E-state index contributed by atoms with van der Waals surface area (Å²) in [5, 5.41) is 18.9. The summed E-state index contributed by atoms with van der Waals surface area (Å²) in [6.07, 6.45) is 6.47. The SMILES string of the molecule is CCCCCCSc1ccc(C=NN=C2NC(=O)C(CC(=O)O)S2)cc1. The summed E-state index contributed by atoms with van der Waals surface area (Å²) in [6.45, 7) is 2.21. The van der Waals surface area contributed by atoms with Crippen LogP contribution in [0, 0.1) is 0 Å². The van der Waals surface area contributed by atoms with E-state index in [9.17, 15) is 9.59 Å². The van der Waals surface area contributed by atoms with E-state index in [1.807, 2.05) is 23.9 Å². The molecule has 2 N–H and O–H groups in total. The second-order valence-electron chi connectivity index (χ2n) is 5.82. The van der Waals surface area contributed by atoms with Crippen LogP contribution in [-0.4, -0.2) is 39.4 Å². The van der Waals surface area contributed by atoms with Crippen LogP contribution in [0.2, 0.25) is 0 Å². The van der Waals surface area contributed by atoms with Crippen LogP contribution in [0.5, 0.6) is 0 Å². The lowest BCUT2D eigenvalue weighted by atomic mass is 10.2. The Balaban J connectivity index is 1.79. The minimum atomic E-state index is -1.01. The lowest BCUT2D eigenvalue weighted by Gasteiger charge is -2.01. The van der Waals surface area contributed by atoms with E-state index in [1.165, 1.54) is 30.6 Å². The maximum absolute atomic E-state index is 11.6. The van der Waals surface area contributed by atoms with Crippen molar-refractivity contribution < 1.29 is 14.7 Å². The normalized spacial score (nSPS) is 18.6. The molecule has 140 valence electrons. The highest BCUT2D eigenvalue weighted by molar-refractivity contribution is 8.15. The van der Waals surface area contributed by atoms with Gasteiger partial charge in [0.15, 0.2) is 5.17 Å². The largest absolute Gasteiger partial charge is 0.481 e. The van der Waals surface area contributed by atoms with Crippen molar-refractivity contribution in [2.24, 2.45) is 10.2 Å². The van der Waals surface area contributed by atoms with Gasteiger partial charge >= 0.3 is 5.97 Å². The van der Waals surface area contributed by atoms with Gasteiger partial charge in [0, 0.05) is 4.90 Å². The molecule has 2 rings (SSSR count). The zero-order valence-corrected chi connectivity index (χ0v) is 16.3. The number of carboxylic acids is 1. The topological polar surface area (TPSA) is 91.1 Å². The van der Waals surface area contributed by atoms with Crippen molar-refractivity contribution in [3.05, 3.63) is 29.8 Å². The number of amides is 1. The van der Waals surface area contributed by atoms with E-state index in [0.29, 0.717) is 5.17 Å². The number of carbonyl (C=O) groups excluding carboxylic acids is 1. The third-order valence-electron chi connectivity index (χ3n) is 3.64. The average molecular weight is 394 g/mol. The Morgan fingerprint density at radius 2 is 2.08 bits per heavy atom. The summed E-state index contributed by atoms with van der Waals surface area (Å²) in [5.74, 6) is -0.215. The molecule has 0 spiro atoms. The molecule has 1 saturated heterocycles. The number of thioether (sulfide) groups is 2. The summed E-state index contributed by atoms with van der Waals surface area (Å²) in [4.78, 5) is 23.5. The zero-order chi connectivity index (χ0) is 18.8. The van der Waals surface area contributed by atoms with Crippen molar-refractivity contribution in [1.29, 1.82) is 0 Å². The quantitative estimate of drug-likeness (QED) is 0.273. The fourth-order valence-electron chi connectivity index (χ4n) is 2.26. The lowest BCUT2D eigenvalue weighted by molar-refractivity contribution is -0.138. The number of hydrogen-bond acceptors (Lipinski definition) is 6. The van der Waals surface area contributed by atoms with Gasteiger partial charge in [-0.3, -0.25) is 9.59 Å². The molecule has 0 aromatic heterocycles. The second-order valence-corrected chi connectivity index (χ2v) is 8.18. The predicted molar refractivity (Wildman–Crippen MR) is 108 cm³/mol. The maximum atomic E-state index is 11.6. The van der Waals surface area contributed by atoms with Crippen LogP contribution in [0.25, 0.3) is 0 Å². The highest BCUT2D eigenvalue weighted by Gasteiger charge is 2.32. The Hall–Kier alpha value is -1.80. The van der Waals surface area contributed by atoms with Crippen LogP contribution in [0.1, 0.15) is 44.6 Å². The number of hydrogen-bond donors (Lipinski definition) is 2. The van der Waals surface area contributed by atoms with Gasteiger partial charge in [0.05, 0.1) is 12.6 Å². The fraction of sp³-hybridized carbons (Fsp3) is 0.444. The molecular weight excluding hydrogens is 370 g/mol. The van der Waals surface area contributed by atoms with Crippen molar-refractivity contribution in [1.82, 2.24) is 5.32 Å². The number of rotatable bonds is 10. The van der Waals surface area contributed by atoms with Gasteiger partial charge in [0.25, 0.3) is 0 Å². The Kier molecular flexibility index (Phi) is 8.70. The summed E-state index contributed by atoms with van der Waals surface area (Å²) in [5.41, 5.74) is 0.918. The standard InChI is InChI=1S/C18H23N3O3S2/c1-2-3-4-5-10-25-14-8-6-13(7-9-14)12-19-21-18-20-17(24)15(26-18)11-16(22)23/h6-9,12,15H,2-5,10-11H2,1H3,(H,22,23)(H,20,21,24).